The molecule has 0 aliphatic heterocycles. The summed E-state index contributed by atoms with van der Waals surface area (Å²) in [5, 5.41) is 12.1. The highest BCUT2D eigenvalue weighted by atomic mass is 32.1. The van der Waals surface area contributed by atoms with E-state index < -0.39 is 6.09 Å². The third-order valence-electron chi connectivity index (χ3n) is 3.77. The lowest BCUT2D eigenvalue weighted by atomic mass is 10.1. The largest absolute Gasteiger partial charge is 0.450 e. The molecule has 0 bridgehead atoms. The summed E-state index contributed by atoms with van der Waals surface area (Å²) in [6.45, 7) is 5.95. The smallest absolute Gasteiger partial charge is 0.411 e. The third-order valence-corrected chi connectivity index (χ3v) is 4.64. The molecule has 0 aliphatic carbocycles. The number of thiophene rings is 1. The maximum absolute atomic E-state index is 11.6. The summed E-state index contributed by atoms with van der Waals surface area (Å²) in [6, 6.07) is 9.32. The van der Waals surface area contributed by atoms with Gasteiger partial charge in [0.15, 0.2) is 0 Å². The van der Waals surface area contributed by atoms with Gasteiger partial charge in [-0.1, -0.05) is 17.3 Å². The van der Waals surface area contributed by atoms with E-state index in [1.165, 1.54) is 0 Å². The van der Waals surface area contributed by atoms with Gasteiger partial charge in [-0.25, -0.2) is 4.79 Å². The van der Waals surface area contributed by atoms with E-state index in [0.29, 0.717) is 24.0 Å². The Labute approximate surface area is 155 Å². The molecule has 0 spiro atoms. The number of aromatic nitrogens is 2. The van der Waals surface area contributed by atoms with Crippen LogP contribution in [0.2, 0.25) is 0 Å². The van der Waals surface area contributed by atoms with Crippen molar-refractivity contribution in [3.63, 3.8) is 0 Å². The van der Waals surface area contributed by atoms with Crippen molar-refractivity contribution in [2.75, 3.05) is 17.2 Å². The number of carbonyl (C=O) groups is 1. The summed E-state index contributed by atoms with van der Waals surface area (Å²) in [6.07, 6.45) is -0.474. The molecule has 0 saturated carbocycles. The van der Waals surface area contributed by atoms with Crippen LogP contribution in [0.4, 0.5) is 16.2 Å². The SMILES string of the molecule is CCOC(=O)Nc1cccc(NC(C)c2nc(-c3cccs3)no2)c1C. The number of nitrogens with zero attached hydrogens (tertiary/aromatic N) is 2. The quantitative estimate of drug-likeness (QED) is 0.643. The monoisotopic (exact) mass is 372 g/mol. The minimum atomic E-state index is -0.474. The molecule has 2 N–H and O–H groups in total. The van der Waals surface area contributed by atoms with E-state index in [9.17, 15) is 4.79 Å². The van der Waals surface area contributed by atoms with Crippen LogP contribution in [0.15, 0.2) is 40.2 Å². The van der Waals surface area contributed by atoms with Gasteiger partial charge in [0, 0.05) is 11.4 Å². The van der Waals surface area contributed by atoms with E-state index >= 15 is 0 Å². The van der Waals surface area contributed by atoms with Gasteiger partial charge in [-0.05, 0) is 49.9 Å². The molecule has 136 valence electrons. The van der Waals surface area contributed by atoms with Crippen molar-refractivity contribution >= 4 is 28.8 Å². The zero-order chi connectivity index (χ0) is 18.5. The Balaban J connectivity index is 1.73. The molecule has 1 amide bonds. The molecule has 3 rings (SSSR count). The number of anilines is 2. The van der Waals surface area contributed by atoms with Crippen LogP contribution in [0.3, 0.4) is 0 Å². The number of amides is 1. The van der Waals surface area contributed by atoms with Gasteiger partial charge in [0.05, 0.1) is 11.5 Å². The molecule has 7 nitrogen and oxygen atoms in total. The highest BCUT2D eigenvalue weighted by Crippen LogP contribution is 2.28. The van der Waals surface area contributed by atoms with Crippen molar-refractivity contribution in [1.29, 1.82) is 0 Å². The highest BCUT2D eigenvalue weighted by molar-refractivity contribution is 7.13. The summed E-state index contributed by atoms with van der Waals surface area (Å²) in [7, 11) is 0. The lowest BCUT2D eigenvalue weighted by Crippen LogP contribution is -2.15. The fourth-order valence-electron chi connectivity index (χ4n) is 2.42. The Morgan fingerprint density at radius 3 is 2.85 bits per heavy atom. The second-order valence-electron chi connectivity index (χ2n) is 5.62. The van der Waals surface area contributed by atoms with Gasteiger partial charge in [-0.2, -0.15) is 4.98 Å². The predicted molar refractivity (Wildman–Crippen MR) is 101 cm³/mol. The lowest BCUT2D eigenvalue weighted by molar-refractivity contribution is 0.168. The van der Waals surface area contributed by atoms with Crippen LogP contribution in [0.1, 0.15) is 31.3 Å². The standard InChI is InChI=1S/C18H20N4O3S/c1-4-24-18(23)20-14-8-5-7-13(11(14)2)19-12(3)17-21-16(22-25-17)15-9-6-10-26-15/h5-10,12,19H,4H2,1-3H3,(H,20,23). The summed E-state index contributed by atoms with van der Waals surface area (Å²) in [4.78, 5) is 17.1. The molecule has 1 unspecified atom stereocenters. The van der Waals surface area contributed by atoms with Crippen LogP contribution in [0.5, 0.6) is 0 Å². The number of nitrogens with one attached hydrogen (secondary N) is 2. The molecule has 0 radical (unpaired) electrons. The molecule has 26 heavy (non-hydrogen) atoms. The maximum atomic E-state index is 11.6. The average Bonchev–Trinajstić information content (AvgIpc) is 3.29. The Hall–Kier alpha value is -2.87. The molecule has 8 heteroatoms. The third kappa shape index (κ3) is 4.02. The van der Waals surface area contributed by atoms with Gasteiger partial charge < -0.3 is 14.6 Å². The molecule has 0 saturated heterocycles. The van der Waals surface area contributed by atoms with Crippen molar-refractivity contribution in [3.8, 4) is 10.7 Å². The maximum Gasteiger partial charge on any atom is 0.411 e. The Bertz CT molecular complexity index is 876. The van der Waals surface area contributed by atoms with E-state index in [4.69, 9.17) is 9.26 Å². The summed E-state index contributed by atoms with van der Waals surface area (Å²) in [5.41, 5.74) is 2.44. The van der Waals surface area contributed by atoms with E-state index in [1.54, 1.807) is 18.3 Å². The van der Waals surface area contributed by atoms with E-state index in [0.717, 1.165) is 16.1 Å². The number of hydrogen-bond donors (Lipinski definition) is 2. The first-order valence-corrected chi connectivity index (χ1v) is 9.14. The molecule has 2 aromatic heterocycles. The van der Waals surface area contributed by atoms with Crippen LogP contribution in [-0.4, -0.2) is 22.8 Å². The van der Waals surface area contributed by atoms with Crippen LogP contribution in [-0.2, 0) is 4.74 Å². The van der Waals surface area contributed by atoms with Crippen LogP contribution in [0.25, 0.3) is 10.7 Å². The molecular weight excluding hydrogens is 352 g/mol. The molecule has 2 heterocycles. The number of ether oxygens (including phenoxy) is 1. The van der Waals surface area contributed by atoms with Crippen molar-refractivity contribution in [3.05, 3.63) is 47.2 Å². The molecular formula is C18H20N4O3S. The second-order valence-corrected chi connectivity index (χ2v) is 6.57. The van der Waals surface area contributed by atoms with Crippen LogP contribution < -0.4 is 10.6 Å². The van der Waals surface area contributed by atoms with E-state index in [-0.39, 0.29) is 6.04 Å². The van der Waals surface area contributed by atoms with Crippen LogP contribution >= 0.6 is 11.3 Å². The van der Waals surface area contributed by atoms with Crippen molar-refractivity contribution in [2.45, 2.75) is 26.8 Å². The number of carbonyl (C=O) groups excluding carboxylic acids is 1. The fourth-order valence-corrected chi connectivity index (χ4v) is 3.07. The first-order valence-electron chi connectivity index (χ1n) is 8.26. The van der Waals surface area contributed by atoms with Crippen molar-refractivity contribution in [1.82, 2.24) is 10.1 Å². The minimum Gasteiger partial charge on any atom is -0.450 e. The summed E-state index contributed by atoms with van der Waals surface area (Å²) < 4.78 is 10.3. The second kappa shape index (κ2) is 8.01. The normalized spacial score (nSPS) is 11.8. The predicted octanol–water partition coefficient (Wildman–Crippen LogP) is 4.85. The number of rotatable bonds is 6. The van der Waals surface area contributed by atoms with Gasteiger partial charge in [0.25, 0.3) is 0 Å². The summed E-state index contributed by atoms with van der Waals surface area (Å²) >= 11 is 1.56. The van der Waals surface area contributed by atoms with Gasteiger partial charge in [-0.3, -0.25) is 5.32 Å². The van der Waals surface area contributed by atoms with E-state index in [2.05, 4.69) is 20.8 Å². The zero-order valence-electron chi connectivity index (χ0n) is 14.8. The fraction of sp³-hybridized carbons (Fsp3) is 0.278. The van der Waals surface area contributed by atoms with Crippen molar-refractivity contribution < 1.29 is 14.1 Å². The molecule has 1 aromatic carbocycles. The van der Waals surface area contributed by atoms with Crippen molar-refractivity contribution in [2.24, 2.45) is 0 Å². The zero-order valence-corrected chi connectivity index (χ0v) is 15.6. The Morgan fingerprint density at radius 2 is 2.12 bits per heavy atom. The van der Waals surface area contributed by atoms with E-state index in [1.807, 2.05) is 49.6 Å². The highest BCUT2D eigenvalue weighted by Gasteiger charge is 2.17. The van der Waals surface area contributed by atoms with Crippen LogP contribution in [0, 0.1) is 6.92 Å². The number of hydrogen-bond acceptors (Lipinski definition) is 7. The molecule has 0 fully saturated rings. The van der Waals surface area contributed by atoms with Gasteiger partial charge in [0.2, 0.25) is 11.7 Å². The number of benzene rings is 1. The molecule has 1 atom stereocenters. The molecule has 3 aromatic rings. The Morgan fingerprint density at radius 1 is 1.31 bits per heavy atom. The average molecular weight is 372 g/mol. The first kappa shape index (κ1) is 17.9. The Kier molecular flexibility index (Phi) is 5.52. The topological polar surface area (TPSA) is 89.3 Å². The molecule has 0 aliphatic rings. The first-order chi connectivity index (χ1) is 12.6. The summed E-state index contributed by atoms with van der Waals surface area (Å²) in [5.74, 6) is 1.08. The lowest BCUT2D eigenvalue weighted by Gasteiger charge is -2.16. The van der Waals surface area contributed by atoms with Gasteiger partial charge in [-0.15, -0.1) is 11.3 Å². The minimum absolute atomic E-state index is 0.187. The van der Waals surface area contributed by atoms with Gasteiger partial charge >= 0.3 is 6.09 Å². The van der Waals surface area contributed by atoms with Gasteiger partial charge in [0.1, 0.15) is 6.04 Å².